The number of fused-ring (bicyclic) bond motifs is 3. The standard InChI is InChI=1S/C16H20N2/c1-18-13-6-7-14(18)9-12(8-13)16-10-11-4-2-3-5-15(11)17-16/h2-5,10,12-14,17H,6-9H2,1H3/t12?,13-,14+. The first-order valence-corrected chi connectivity index (χ1v) is 7.11. The van der Waals surface area contributed by atoms with Crippen molar-refractivity contribution in [1.29, 1.82) is 0 Å². The van der Waals surface area contributed by atoms with E-state index in [-0.39, 0.29) is 0 Å². The van der Waals surface area contributed by atoms with Crippen LogP contribution in [0.5, 0.6) is 0 Å². The van der Waals surface area contributed by atoms with Crippen LogP contribution in [0.15, 0.2) is 30.3 Å². The number of hydrogen-bond acceptors (Lipinski definition) is 1. The summed E-state index contributed by atoms with van der Waals surface area (Å²) in [5.74, 6) is 0.742. The highest BCUT2D eigenvalue weighted by molar-refractivity contribution is 5.80. The monoisotopic (exact) mass is 240 g/mol. The van der Waals surface area contributed by atoms with Gasteiger partial charge >= 0.3 is 0 Å². The van der Waals surface area contributed by atoms with Gasteiger partial charge in [-0.1, -0.05) is 18.2 Å². The molecule has 4 rings (SSSR count). The van der Waals surface area contributed by atoms with E-state index in [0.29, 0.717) is 0 Å². The van der Waals surface area contributed by atoms with Crippen LogP contribution in [0.2, 0.25) is 0 Å². The van der Waals surface area contributed by atoms with E-state index in [4.69, 9.17) is 0 Å². The molecule has 0 radical (unpaired) electrons. The molecule has 2 aromatic rings. The van der Waals surface area contributed by atoms with Crippen molar-refractivity contribution in [3.05, 3.63) is 36.0 Å². The van der Waals surface area contributed by atoms with Gasteiger partial charge in [0.2, 0.25) is 0 Å². The van der Waals surface area contributed by atoms with Crippen molar-refractivity contribution in [2.24, 2.45) is 0 Å². The number of aromatic nitrogens is 1. The highest BCUT2D eigenvalue weighted by Crippen LogP contribution is 2.42. The maximum absolute atomic E-state index is 3.63. The third-order valence-corrected chi connectivity index (χ3v) is 5.09. The molecular weight excluding hydrogens is 220 g/mol. The molecule has 0 aliphatic carbocycles. The number of rotatable bonds is 1. The topological polar surface area (TPSA) is 19.0 Å². The number of nitrogens with one attached hydrogen (secondary N) is 1. The minimum atomic E-state index is 0.742. The van der Waals surface area contributed by atoms with Crippen LogP contribution in [0.25, 0.3) is 10.9 Å². The predicted molar refractivity (Wildman–Crippen MR) is 74.8 cm³/mol. The summed E-state index contributed by atoms with van der Waals surface area (Å²) in [6, 6.07) is 12.6. The van der Waals surface area contributed by atoms with E-state index in [9.17, 15) is 0 Å². The molecule has 2 fully saturated rings. The van der Waals surface area contributed by atoms with Crippen molar-refractivity contribution in [2.75, 3.05) is 7.05 Å². The zero-order valence-corrected chi connectivity index (χ0v) is 10.9. The van der Waals surface area contributed by atoms with Crippen LogP contribution in [-0.4, -0.2) is 29.0 Å². The van der Waals surface area contributed by atoms with E-state index >= 15 is 0 Å². The number of benzene rings is 1. The van der Waals surface area contributed by atoms with Crippen molar-refractivity contribution in [2.45, 2.75) is 43.7 Å². The van der Waals surface area contributed by atoms with Gasteiger partial charge in [-0.15, -0.1) is 0 Å². The van der Waals surface area contributed by atoms with E-state index in [1.54, 1.807) is 0 Å². The van der Waals surface area contributed by atoms with Gasteiger partial charge in [-0.25, -0.2) is 0 Å². The fourth-order valence-corrected chi connectivity index (χ4v) is 3.98. The summed E-state index contributed by atoms with van der Waals surface area (Å²) in [6.45, 7) is 0. The van der Waals surface area contributed by atoms with Crippen LogP contribution >= 0.6 is 0 Å². The molecule has 2 nitrogen and oxygen atoms in total. The van der Waals surface area contributed by atoms with Crippen LogP contribution in [0, 0.1) is 0 Å². The molecule has 1 aromatic carbocycles. The van der Waals surface area contributed by atoms with Gasteiger partial charge in [-0.2, -0.15) is 0 Å². The normalized spacial score (nSPS) is 32.2. The number of para-hydroxylation sites is 1. The summed E-state index contributed by atoms with van der Waals surface area (Å²) in [5, 5.41) is 1.36. The molecular formula is C16H20N2. The first-order valence-electron chi connectivity index (χ1n) is 7.11. The molecule has 2 bridgehead atoms. The molecule has 3 atom stereocenters. The quantitative estimate of drug-likeness (QED) is 0.808. The second-order valence-electron chi connectivity index (χ2n) is 6.03. The SMILES string of the molecule is CN1[C@@H]2CC[C@H]1CC(c1cc3ccccc3[nH]1)C2. The predicted octanol–water partition coefficient (Wildman–Crippen LogP) is 3.51. The average Bonchev–Trinajstić information content (AvgIpc) is 2.87. The first-order chi connectivity index (χ1) is 8.81. The minimum absolute atomic E-state index is 0.742. The Labute approximate surface area is 108 Å². The fraction of sp³-hybridized carbons (Fsp3) is 0.500. The van der Waals surface area contributed by atoms with Crippen LogP contribution in [0.4, 0.5) is 0 Å². The number of hydrogen-bond donors (Lipinski definition) is 1. The lowest BCUT2D eigenvalue weighted by molar-refractivity contribution is 0.160. The molecule has 3 heterocycles. The molecule has 2 aliphatic rings. The molecule has 18 heavy (non-hydrogen) atoms. The zero-order chi connectivity index (χ0) is 12.1. The molecule has 1 unspecified atom stereocenters. The first kappa shape index (κ1) is 10.6. The van der Waals surface area contributed by atoms with Gasteiger partial charge in [0.25, 0.3) is 0 Å². The third kappa shape index (κ3) is 1.52. The Morgan fingerprint density at radius 2 is 1.83 bits per heavy atom. The molecule has 2 saturated heterocycles. The Kier molecular flexibility index (Phi) is 2.28. The third-order valence-electron chi connectivity index (χ3n) is 5.09. The lowest BCUT2D eigenvalue weighted by atomic mass is 9.88. The van der Waals surface area contributed by atoms with Gasteiger partial charge in [-0.3, -0.25) is 0 Å². The van der Waals surface area contributed by atoms with E-state index in [0.717, 1.165) is 18.0 Å². The summed E-state index contributed by atoms with van der Waals surface area (Å²) in [6.07, 6.45) is 5.47. The summed E-state index contributed by atoms with van der Waals surface area (Å²) in [4.78, 5) is 6.24. The lowest BCUT2D eigenvalue weighted by Gasteiger charge is -2.36. The van der Waals surface area contributed by atoms with Crippen LogP contribution in [0.3, 0.4) is 0 Å². The van der Waals surface area contributed by atoms with Crippen molar-refractivity contribution in [3.63, 3.8) is 0 Å². The highest BCUT2D eigenvalue weighted by atomic mass is 15.2. The number of aromatic amines is 1. The van der Waals surface area contributed by atoms with E-state index in [1.807, 2.05) is 0 Å². The van der Waals surface area contributed by atoms with E-state index in [2.05, 4.69) is 47.3 Å². The Hall–Kier alpha value is -1.28. The number of H-pyrrole nitrogens is 1. The summed E-state index contributed by atoms with van der Waals surface area (Å²) >= 11 is 0. The minimum Gasteiger partial charge on any atom is -0.358 e. The van der Waals surface area contributed by atoms with Gasteiger partial charge in [-0.05, 0) is 50.2 Å². The Balaban J connectivity index is 1.67. The average molecular weight is 240 g/mol. The fourth-order valence-electron chi connectivity index (χ4n) is 3.98. The van der Waals surface area contributed by atoms with Gasteiger partial charge in [0.05, 0.1) is 0 Å². The summed E-state index contributed by atoms with van der Waals surface area (Å²) < 4.78 is 0. The second-order valence-corrected chi connectivity index (χ2v) is 6.03. The maximum Gasteiger partial charge on any atom is 0.0456 e. The zero-order valence-electron chi connectivity index (χ0n) is 10.9. The summed E-state index contributed by atoms with van der Waals surface area (Å²) in [5.41, 5.74) is 2.75. The van der Waals surface area contributed by atoms with Crippen LogP contribution < -0.4 is 0 Å². The smallest absolute Gasteiger partial charge is 0.0456 e. The van der Waals surface area contributed by atoms with Crippen molar-refractivity contribution >= 4 is 10.9 Å². The molecule has 0 saturated carbocycles. The Morgan fingerprint density at radius 1 is 1.11 bits per heavy atom. The Bertz CT molecular complexity index is 524. The maximum atomic E-state index is 3.63. The van der Waals surface area contributed by atoms with E-state index in [1.165, 1.54) is 42.3 Å². The lowest BCUT2D eigenvalue weighted by Crippen LogP contribution is -2.39. The molecule has 0 amide bonds. The van der Waals surface area contributed by atoms with Gasteiger partial charge in [0.15, 0.2) is 0 Å². The van der Waals surface area contributed by atoms with Gasteiger partial charge < -0.3 is 9.88 Å². The van der Waals surface area contributed by atoms with Crippen molar-refractivity contribution in [1.82, 2.24) is 9.88 Å². The van der Waals surface area contributed by atoms with Crippen LogP contribution in [-0.2, 0) is 0 Å². The largest absolute Gasteiger partial charge is 0.358 e. The molecule has 1 aromatic heterocycles. The molecule has 1 N–H and O–H groups in total. The van der Waals surface area contributed by atoms with Gasteiger partial charge in [0.1, 0.15) is 0 Å². The summed E-state index contributed by atoms with van der Waals surface area (Å²) in [7, 11) is 2.31. The Morgan fingerprint density at radius 3 is 2.56 bits per heavy atom. The van der Waals surface area contributed by atoms with Crippen LogP contribution in [0.1, 0.15) is 37.3 Å². The number of nitrogens with zero attached hydrogens (tertiary/aromatic N) is 1. The molecule has 94 valence electrons. The van der Waals surface area contributed by atoms with Gasteiger partial charge in [0, 0.05) is 29.2 Å². The second kappa shape index (κ2) is 3.86. The number of piperidine rings is 1. The van der Waals surface area contributed by atoms with E-state index < -0.39 is 0 Å². The highest BCUT2D eigenvalue weighted by Gasteiger charge is 2.39. The molecule has 2 heteroatoms. The van der Waals surface area contributed by atoms with Crippen molar-refractivity contribution < 1.29 is 0 Å². The van der Waals surface area contributed by atoms with Crippen molar-refractivity contribution in [3.8, 4) is 0 Å². The molecule has 0 spiro atoms. The molecule has 2 aliphatic heterocycles.